The van der Waals surface area contributed by atoms with E-state index in [-0.39, 0.29) is 18.3 Å². The molecule has 102 valence electrons. The average Bonchev–Trinajstić information content (AvgIpc) is 2.69. The molecule has 1 amide bonds. The first-order valence-electron chi connectivity index (χ1n) is 6.11. The Balaban J connectivity index is 0.00000162. The summed E-state index contributed by atoms with van der Waals surface area (Å²) < 4.78 is 0. The number of aromatic nitrogens is 2. The van der Waals surface area contributed by atoms with Crippen molar-refractivity contribution in [2.75, 3.05) is 20.1 Å². The highest BCUT2D eigenvalue weighted by Crippen LogP contribution is 2.16. The summed E-state index contributed by atoms with van der Waals surface area (Å²) in [4.78, 5) is 14.2. The van der Waals surface area contributed by atoms with Crippen molar-refractivity contribution >= 4 is 18.3 Å². The van der Waals surface area contributed by atoms with E-state index in [4.69, 9.17) is 0 Å². The number of nitrogens with one attached hydrogen (secondary N) is 2. The molecule has 1 aromatic rings. The van der Waals surface area contributed by atoms with Gasteiger partial charge < -0.3 is 10.2 Å². The first-order chi connectivity index (χ1) is 8.13. The van der Waals surface area contributed by atoms with Crippen LogP contribution in [0, 0.1) is 13.8 Å². The molecule has 0 aliphatic carbocycles. The van der Waals surface area contributed by atoms with Crippen molar-refractivity contribution in [1.29, 1.82) is 0 Å². The number of hydrogen-bond donors (Lipinski definition) is 2. The Morgan fingerprint density at radius 1 is 1.50 bits per heavy atom. The number of carbonyl (C=O) groups excluding carboxylic acids is 1. The molecule has 0 radical (unpaired) electrons. The molecule has 1 saturated heterocycles. The SMILES string of the molecule is CNC1CCCN(C(=O)c2n[nH]c(C)c2C)C1.Cl. The largest absolute Gasteiger partial charge is 0.336 e. The number of likely N-dealkylation sites (N-methyl/N-ethyl adjacent to an activating group) is 1. The van der Waals surface area contributed by atoms with Crippen LogP contribution in [-0.2, 0) is 0 Å². The molecular formula is C12H21ClN4O. The van der Waals surface area contributed by atoms with Gasteiger partial charge in [0.1, 0.15) is 0 Å². The van der Waals surface area contributed by atoms with Crippen LogP contribution in [0.4, 0.5) is 0 Å². The highest BCUT2D eigenvalue weighted by atomic mass is 35.5. The third-order valence-electron chi connectivity index (χ3n) is 3.57. The Labute approximate surface area is 114 Å². The first kappa shape index (κ1) is 15.0. The van der Waals surface area contributed by atoms with E-state index in [0.717, 1.165) is 37.2 Å². The molecule has 1 atom stereocenters. The van der Waals surface area contributed by atoms with Crippen LogP contribution in [0.15, 0.2) is 0 Å². The van der Waals surface area contributed by atoms with Gasteiger partial charge in [-0.15, -0.1) is 12.4 Å². The van der Waals surface area contributed by atoms with Crippen LogP contribution in [0.5, 0.6) is 0 Å². The maximum atomic E-state index is 12.3. The van der Waals surface area contributed by atoms with Crippen molar-refractivity contribution in [2.45, 2.75) is 32.7 Å². The van der Waals surface area contributed by atoms with Gasteiger partial charge in [-0.1, -0.05) is 0 Å². The summed E-state index contributed by atoms with van der Waals surface area (Å²) in [6.45, 7) is 5.49. The Morgan fingerprint density at radius 2 is 2.22 bits per heavy atom. The van der Waals surface area contributed by atoms with Gasteiger partial charge in [0.15, 0.2) is 5.69 Å². The molecule has 2 heterocycles. The number of hydrogen-bond acceptors (Lipinski definition) is 3. The second-order valence-corrected chi connectivity index (χ2v) is 4.70. The fourth-order valence-corrected chi connectivity index (χ4v) is 2.24. The number of aromatic amines is 1. The zero-order chi connectivity index (χ0) is 12.4. The van der Waals surface area contributed by atoms with Gasteiger partial charge in [-0.2, -0.15) is 5.10 Å². The Bertz CT molecular complexity index is 418. The van der Waals surface area contributed by atoms with Gasteiger partial charge in [0.05, 0.1) is 0 Å². The summed E-state index contributed by atoms with van der Waals surface area (Å²) in [5, 5.41) is 10.2. The molecule has 1 fully saturated rings. The van der Waals surface area contributed by atoms with Crippen molar-refractivity contribution < 1.29 is 4.79 Å². The van der Waals surface area contributed by atoms with E-state index in [0.29, 0.717) is 11.7 Å². The Morgan fingerprint density at radius 3 is 2.78 bits per heavy atom. The van der Waals surface area contributed by atoms with E-state index in [1.807, 2.05) is 25.8 Å². The van der Waals surface area contributed by atoms with Gasteiger partial charge in [0.25, 0.3) is 5.91 Å². The van der Waals surface area contributed by atoms with Crippen LogP contribution < -0.4 is 5.32 Å². The van der Waals surface area contributed by atoms with Crippen LogP contribution >= 0.6 is 12.4 Å². The molecule has 0 spiro atoms. The number of aryl methyl sites for hydroxylation is 1. The maximum Gasteiger partial charge on any atom is 0.274 e. The number of likely N-dealkylation sites (tertiary alicyclic amines) is 1. The second-order valence-electron chi connectivity index (χ2n) is 4.70. The number of halogens is 1. The molecule has 18 heavy (non-hydrogen) atoms. The minimum Gasteiger partial charge on any atom is -0.336 e. The van der Waals surface area contributed by atoms with Crippen molar-refractivity contribution in [3.63, 3.8) is 0 Å². The van der Waals surface area contributed by atoms with Crippen LogP contribution in [0.3, 0.4) is 0 Å². The number of nitrogens with zero attached hydrogens (tertiary/aromatic N) is 2. The lowest BCUT2D eigenvalue weighted by molar-refractivity contribution is 0.0691. The van der Waals surface area contributed by atoms with E-state index in [1.165, 1.54) is 0 Å². The molecule has 2 N–H and O–H groups in total. The van der Waals surface area contributed by atoms with Crippen LogP contribution in [0.1, 0.15) is 34.6 Å². The lowest BCUT2D eigenvalue weighted by atomic mass is 10.1. The third kappa shape index (κ3) is 2.84. The molecule has 2 rings (SSSR count). The topological polar surface area (TPSA) is 61.0 Å². The minimum atomic E-state index is 0. The van der Waals surface area contributed by atoms with E-state index in [2.05, 4.69) is 15.5 Å². The van der Waals surface area contributed by atoms with Crippen LogP contribution in [-0.4, -0.2) is 47.2 Å². The number of H-pyrrole nitrogens is 1. The summed E-state index contributed by atoms with van der Waals surface area (Å²) in [7, 11) is 1.95. The normalized spacial score (nSPS) is 19.5. The lowest BCUT2D eigenvalue weighted by Crippen LogP contribution is -2.47. The Kier molecular flexibility index (Phi) is 5.16. The highest BCUT2D eigenvalue weighted by Gasteiger charge is 2.26. The second kappa shape index (κ2) is 6.20. The van der Waals surface area contributed by atoms with Gasteiger partial charge in [-0.3, -0.25) is 9.89 Å². The minimum absolute atomic E-state index is 0. The summed E-state index contributed by atoms with van der Waals surface area (Å²) >= 11 is 0. The predicted molar refractivity (Wildman–Crippen MR) is 73.3 cm³/mol. The van der Waals surface area contributed by atoms with Gasteiger partial charge >= 0.3 is 0 Å². The standard InChI is InChI=1S/C12H20N4O.ClH/c1-8-9(2)14-15-11(8)12(17)16-6-4-5-10(7-16)13-3;/h10,13H,4-7H2,1-3H3,(H,14,15);1H. The van der Waals surface area contributed by atoms with Gasteiger partial charge in [0, 0.05) is 30.4 Å². The molecular weight excluding hydrogens is 252 g/mol. The van der Waals surface area contributed by atoms with Crippen molar-refractivity contribution in [2.24, 2.45) is 0 Å². The number of carbonyl (C=O) groups is 1. The van der Waals surface area contributed by atoms with Gasteiger partial charge in [-0.25, -0.2) is 0 Å². The molecule has 1 aromatic heterocycles. The molecule has 6 heteroatoms. The summed E-state index contributed by atoms with van der Waals surface area (Å²) in [6.07, 6.45) is 2.19. The van der Waals surface area contributed by atoms with Crippen molar-refractivity contribution in [3.8, 4) is 0 Å². The van der Waals surface area contributed by atoms with Crippen LogP contribution in [0.2, 0.25) is 0 Å². The van der Waals surface area contributed by atoms with Crippen molar-refractivity contribution in [1.82, 2.24) is 20.4 Å². The maximum absolute atomic E-state index is 12.3. The first-order valence-corrected chi connectivity index (χ1v) is 6.11. The third-order valence-corrected chi connectivity index (χ3v) is 3.57. The van der Waals surface area contributed by atoms with Gasteiger partial charge in [0.2, 0.25) is 0 Å². The molecule has 0 bridgehead atoms. The van der Waals surface area contributed by atoms with Gasteiger partial charge in [-0.05, 0) is 33.7 Å². The number of rotatable bonds is 2. The van der Waals surface area contributed by atoms with E-state index in [1.54, 1.807) is 0 Å². The highest BCUT2D eigenvalue weighted by molar-refractivity contribution is 5.94. The van der Waals surface area contributed by atoms with E-state index >= 15 is 0 Å². The van der Waals surface area contributed by atoms with Crippen molar-refractivity contribution in [3.05, 3.63) is 17.0 Å². The molecule has 1 aliphatic rings. The zero-order valence-electron chi connectivity index (χ0n) is 11.1. The predicted octanol–water partition coefficient (Wildman–Crippen LogP) is 1.27. The fourth-order valence-electron chi connectivity index (χ4n) is 2.24. The lowest BCUT2D eigenvalue weighted by Gasteiger charge is -2.32. The molecule has 5 nitrogen and oxygen atoms in total. The fraction of sp³-hybridized carbons (Fsp3) is 0.667. The number of piperidine rings is 1. The van der Waals surface area contributed by atoms with E-state index in [9.17, 15) is 4.79 Å². The number of amides is 1. The zero-order valence-corrected chi connectivity index (χ0v) is 11.9. The quantitative estimate of drug-likeness (QED) is 0.852. The molecule has 1 unspecified atom stereocenters. The summed E-state index contributed by atoms with van der Waals surface area (Å²) in [5.41, 5.74) is 2.50. The smallest absolute Gasteiger partial charge is 0.274 e. The molecule has 0 aromatic carbocycles. The monoisotopic (exact) mass is 272 g/mol. The average molecular weight is 273 g/mol. The molecule has 1 aliphatic heterocycles. The summed E-state index contributed by atoms with van der Waals surface area (Å²) in [6, 6.07) is 0.410. The summed E-state index contributed by atoms with van der Waals surface area (Å²) in [5.74, 6) is 0.0480. The molecule has 0 saturated carbocycles. The Hall–Kier alpha value is -1.07. The van der Waals surface area contributed by atoms with E-state index < -0.39 is 0 Å². The van der Waals surface area contributed by atoms with Crippen LogP contribution in [0.25, 0.3) is 0 Å².